The average Bonchev–Trinajstić information content (AvgIpc) is 2.63. The molecular formula is C21H28N2O5S. The summed E-state index contributed by atoms with van der Waals surface area (Å²) in [6.07, 6.45) is 1.10. The first-order valence-electron chi connectivity index (χ1n) is 9.24. The molecule has 0 saturated heterocycles. The molecule has 0 aliphatic heterocycles. The fourth-order valence-corrected chi connectivity index (χ4v) is 4.27. The second kappa shape index (κ2) is 9.65. The first-order valence-corrected chi connectivity index (χ1v) is 11.1. The zero-order valence-electron chi connectivity index (χ0n) is 17.4. The summed E-state index contributed by atoms with van der Waals surface area (Å²) in [6.45, 7) is 5.79. The van der Waals surface area contributed by atoms with E-state index in [1.807, 2.05) is 32.0 Å². The van der Waals surface area contributed by atoms with E-state index < -0.39 is 22.0 Å². The molecule has 158 valence electrons. The predicted molar refractivity (Wildman–Crippen MR) is 114 cm³/mol. The Labute approximate surface area is 172 Å². The molecule has 8 heteroatoms. The highest BCUT2D eigenvalue weighted by Gasteiger charge is 2.29. The van der Waals surface area contributed by atoms with Crippen molar-refractivity contribution < 1.29 is 22.7 Å². The number of amides is 1. The lowest BCUT2D eigenvalue weighted by atomic mass is 10.1. The highest BCUT2D eigenvalue weighted by molar-refractivity contribution is 7.92. The Hall–Kier alpha value is -2.74. The van der Waals surface area contributed by atoms with Gasteiger partial charge in [0.2, 0.25) is 15.9 Å². The summed E-state index contributed by atoms with van der Waals surface area (Å²) in [4.78, 5) is 12.6. The predicted octanol–water partition coefficient (Wildman–Crippen LogP) is 2.66. The minimum absolute atomic E-state index is 0.223. The van der Waals surface area contributed by atoms with Crippen LogP contribution in [0.15, 0.2) is 42.5 Å². The number of ether oxygens (including phenoxy) is 2. The number of rotatable bonds is 9. The van der Waals surface area contributed by atoms with Crippen molar-refractivity contribution in [3.8, 4) is 11.5 Å². The fourth-order valence-electron chi connectivity index (χ4n) is 3.11. The van der Waals surface area contributed by atoms with Gasteiger partial charge >= 0.3 is 0 Å². The third kappa shape index (κ3) is 6.12. The van der Waals surface area contributed by atoms with Crippen molar-refractivity contribution in [1.82, 2.24) is 5.32 Å². The molecular weight excluding hydrogens is 392 g/mol. The molecule has 0 fully saturated rings. The molecule has 0 aliphatic rings. The van der Waals surface area contributed by atoms with Gasteiger partial charge in [-0.25, -0.2) is 8.42 Å². The zero-order chi connectivity index (χ0) is 21.6. The Morgan fingerprint density at radius 3 is 2.24 bits per heavy atom. The van der Waals surface area contributed by atoms with Crippen LogP contribution in [0.2, 0.25) is 0 Å². The van der Waals surface area contributed by atoms with Crippen molar-refractivity contribution in [3.05, 3.63) is 53.6 Å². The van der Waals surface area contributed by atoms with Crippen LogP contribution in [-0.4, -0.2) is 46.9 Å². The molecule has 1 amide bonds. The normalized spacial score (nSPS) is 12.2. The number of anilines is 1. The summed E-state index contributed by atoms with van der Waals surface area (Å²) in [7, 11) is -2.10. The van der Waals surface area contributed by atoms with Gasteiger partial charge < -0.3 is 14.8 Å². The van der Waals surface area contributed by atoms with Gasteiger partial charge in [-0.2, -0.15) is 0 Å². The number of carbonyl (C=O) groups is 1. The summed E-state index contributed by atoms with van der Waals surface area (Å²) in [6, 6.07) is 11.8. The van der Waals surface area contributed by atoms with E-state index in [0.29, 0.717) is 17.2 Å². The largest absolute Gasteiger partial charge is 0.493 e. The Morgan fingerprint density at radius 1 is 1.10 bits per heavy atom. The van der Waals surface area contributed by atoms with Gasteiger partial charge in [-0.15, -0.1) is 0 Å². The molecule has 0 heterocycles. The highest BCUT2D eigenvalue weighted by atomic mass is 32.2. The fraction of sp³-hybridized carbons (Fsp3) is 0.381. The van der Waals surface area contributed by atoms with Crippen LogP contribution in [-0.2, 0) is 14.8 Å². The van der Waals surface area contributed by atoms with Gasteiger partial charge in [0.1, 0.15) is 12.6 Å². The monoisotopic (exact) mass is 420 g/mol. The maximum absolute atomic E-state index is 12.6. The topological polar surface area (TPSA) is 84.9 Å². The van der Waals surface area contributed by atoms with E-state index in [0.717, 1.165) is 21.7 Å². The summed E-state index contributed by atoms with van der Waals surface area (Å²) < 4.78 is 36.8. The number of nitrogens with one attached hydrogen (secondary N) is 1. The molecule has 0 bridgehead atoms. The lowest BCUT2D eigenvalue weighted by Gasteiger charge is -2.28. The lowest BCUT2D eigenvalue weighted by Crippen LogP contribution is -2.48. The van der Waals surface area contributed by atoms with E-state index in [9.17, 15) is 13.2 Å². The first-order chi connectivity index (χ1) is 13.6. The van der Waals surface area contributed by atoms with Gasteiger partial charge in [-0.1, -0.05) is 18.2 Å². The van der Waals surface area contributed by atoms with E-state index in [2.05, 4.69) is 5.32 Å². The summed E-state index contributed by atoms with van der Waals surface area (Å²) in [5.41, 5.74) is 2.32. The SMILES string of the molecule is COc1ccccc1OCCNC(=O)[C@@H](C)N(c1cc(C)cc(C)c1)S(C)(=O)=O. The van der Waals surface area contributed by atoms with Crippen LogP contribution in [0.1, 0.15) is 18.1 Å². The molecule has 0 spiro atoms. The maximum atomic E-state index is 12.6. The second-order valence-electron chi connectivity index (χ2n) is 6.87. The molecule has 0 radical (unpaired) electrons. The van der Waals surface area contributed by atoms with Gasteiger partial charge in [0.25, 0.3) is 0 Å². The molecule has 2 aromatic rings. The zero-order valence-corrected chi connectivity index (χ0v) is 18.2. The molecule has 1 atom stereocenters. The van der Waals surface area contributed by atoms with Crippen molar-refractivity contribution >= 4 is 21.6 Å². The van der Waals surface area contributed by atoms with Crippen molar-refractivity contribution in [1.29, 1.82) is 0 Å². The highest BCUT2D eigenvalue weighted by Crippen LogP contribution is 2.26. The molecule has 0 saturated carbocycles. The second-order valence-corrected chi connectivity index (χ2v) is 8.73. The van der Waals surface area contributed by atoms with E-state index >= 15 is 0 Å². The summed E-state index contributed by atoms with van der Waals surface area (Å²) in [5, 5.41) is 2.73. The van der Waals surface area contributed by atoms with E-state index in [1.165, 1.54) is 0 Å². The molecule has 29 heavy (non-hydrogen) atoms. The average molecular weight is 421 g/mol. The Bertz CT molecular complexity index is 939. The van der Waals surface area contributed by atoms with Gasteiger partial charge in [-0.05, 0) is 56.2 Å². The third-order valence-corrected chi connectivity index (χ3v) is 5.52. The van der Waals surface area contributed by atoms with Gasteiger partial charge in [0.05, 0.1) is 25.6 Å². The smallest absolute Gasteiger partial charge is 0.243 e. The number of nitrogens with zero attached hydrogens (tertiary/aromatic N) is 1. The molecule has 1 N–H and O–H groups in total. The van der Waals surface area contributed by atoms with E-state index in [4.69, 9.17) is 9.47 Å². The molecule has 2 aromatic carbocycles. The number of benzene rings is 2. The van der Waals surface area contributed by atoms with Crippen LogP contribution in [0.4, 0.5) is 5.69 Å². The van der Waals surface area contributed by atoms with Crippen LogP contribution < -0.4 is 19.1 Å². The summed E-state index contributed by atoms with van der Waals surface area (Å²) >= 11 is 0. The van der Waals surface area contributed by atoms with Gasteiger partial charge in [0, 0.05) is 0 Å². The molecule has 0 aromatic heterocycles. The number of hydrogen-bond acceptors (Lipinski definition) is 5. The van der Waals surface area contributed by atoms with E-state index in [1.54, 1.807) is 38.3 Å². The minimum atomic E-state index is -3.65. The van der Waals surface area contributed by atoms with Crippen molar-refractivity contribution in [2.24, 2.45) is 0 Å². The molecule has 0 aliphatic carbocycles. The summed E-state index contributed by atoms with van der Waals surface area (Å²) in [5.74, 6) is 0.772. The third-order valence-electron chi connectivity index (χ3n) is 4.28. The van der Waals surface area contributed by atoms with Gasteiger partial charge in [0.15, 0.2) is 11.5 Å². The van der Waals surface area contributed by atoms with Crippen molar-refractivity contribution in [2.75, 3.05) is 30.8 Å². The maximum Gasteiger partial charge on any atom is 0.243 e. The van der Waals surface area contributed by atoms with Crippen LogP contribution in [0.3, 0.4) is 0 Å². The lowest BCUT2D eigenvalue weighted by molar-refractivity contribution is -0.121. The minimum Gasteiger partial charge on any atom is -0.493 e. The van der Waals surface area contributed by atoms with Crippen molar-refractivity contribution in [3.63, 3.8) is 0 Å². The molecule has 0 unspecified atom stereocenters. The van der Waals surface area contributed by atoms with Crippen LogP contribution in [0.25, 0.3) is 0 Å². The van der Waals surface area contributed by atoms with Crippen LogP contribution in [0.5, 0.6) is 11.5 Å². The number of hydrogen-bond donors (Lipinski definition) is 1. The number of aryl methyl sites for hydroxylation is 2. The van der Waals surface area contributed by atoms with Crippen molar-refractivity contribution in [2.45, 2.75) is 26.8 Å². The molecule has 7 nitrogen and oxygen atoms in total. The Kier molecular flexibility index (Phi) is 7.50. The van der Waals surface area contributed by atoms with Crippen LogP contribution in [0, 0.1) is 13.8 Å². The Balaban J connectivity index is 2.04. The number of carbonyl (C=O) groups excluding carboxylic acids is 1. The number of methoxy groups -OCH3 is 1. The standard InChI is InChI=1S/C21H28N2O5S/c1-15-12-16(2)14-18(13-15)23(29(5,25)26)17(3)21(24)22-10-11-28-20-9-7-6-8-19(20)27-4/h6-9,12-14,17H,10-11H2,1-5H3,(H,22,24)/t17-/m1/s1. The number of para-hydroxylation sites is 2. The van der Waals surface area contributed by atoms with Gasteiger partial charge in [-0.3, -0.25) is 9.10 Å². The number of sulfonamides is 1. The Morgan fingerprint density at radius 2 is 1.69 bits per heavy atom. The molecule has 2 rings (SSSR count). The first kappa shape index (κ1) is 22.5. The quantitative estimate of drug-likeness (QED) is 0.631. The van der Waals surface area contributed by atoms with E-state index in [-0.39, 0.29) is 13.2 Å². The van der Waals surface area contributed by atoms with Crippen LogP contribution >= 0.6 is 0 Å².